The van der Waals surface area contributed by atoms with Crippen molar-refractivity contribution in [3.63, 3.8) is 0 Å². The molecule has 2 N–H and O–H groups in total. The van der Waals surface area contributed by atoms with Crippen molar-refractivity contribution in [2.24, 2.45) is 5.92 Å². The maximum Gasteiger partial charge on any atom is 0.335 e. The van der Waals surface area contributed by atoms with E-state index in [-0.39, 0.29) is 5.56 Å². The Kier molecular flexibility index (Phi) is 8.17. The first-order valence-corrected chi connectivity index (χ1v) is 11.3. The molecular weight excluding hydrogens is 470 g/mol. The third kappa shape index (κ3) is 6.50. The van der Waals surface area contributed by atoms with E-state index in [1.54, 1.807) is 25.3 Å². The summed E-state index contributed by atoms with van der Waals surface area (Å²) < 4.78 is 12.4. The molecule has 32 heavy (non-hydrogen) atoms. The van der Waals surface area contributed by atoms with E-state index in [9.17, 15) is 4.79 Å². The van der Waals surface area contributed by atoms with Crippen LogP contribution < -0.4 is 14.8 Å². The summed E-state index contributed by atoms with van der Waals surface area (Å²) in [6.45, 7) is 5.38. The second-order valence-corrected chi connectivity index (χ2v) is 8.91. The van der Waals surface area contributed by atoms with Gasteiger partial charge in [0.2, 0.25) is 0 Å². The second kappa shape index (κ2) is 11.0. The van der Waals surface area contributed by atoms with E-state index < -0.39 is 5.97 Å². The second-order valence-electron chi connectivity index (χ2n) is 8.05. The molecule has 0 aliphatic carbocycles. The van der Waals surface area contributed by atoms with Gasteiger partial charge in [0.25, 0.3) is 0 Å². The van der Waals surface area contributed by atoms with Crippen molar-refractivity contribution in [1.29, 1.82) is 0 Å². The van der Waals surface area contributed by atoms with Crippen LogP contribution >= 0.6 is 15.9 Å². The number of carboxylic acid groups (broad SMARTS) is 1. The van der Waals surface area contributed by atoms with E-state index in [0.717, 1.165) is 27.7 Å². The highest BCUT2D eigenvalue weighted by atomic mass is 79.9. The summed E-state index contributed by atoms with van der Waals surface area (Å²) in [6, 6.07) is 19.1. The minimum atomic E-state index is -0.950. The Bertz CT molecular complexity index is 1060. The molecule has 0 bridgehead atoms. The summed E-state index contributed by atoms with van der Waals surface area (Å²) in [5, 5.41) is 12.4. The van der Waals surface area contributed by atoms with Gasteiger partial charge in [-0.05, 0) is 75.3 Å². The molecule has 3 aromatic rings. The zero-order chi connectivity index (χ0) is 23.1. The van der Waals surface area contributed by atoms with Gasteiger partial charge in [-0.15, -0.1) is 0 Å². The number of carboxylic acids is 1. The molecule has 0 fully saturated rings. The van der Waals surface area contributed by atoms with Crippen molar-refractivity contribution < 1.29 is 19.4 Å². The normalized spacial score (nSPS) is 10.8. The van der Waals surface area contributed by atoms with Crippen LogP contribution in [0.25, 0.3) is 0 Å². The molecule has 0 aliphatic rings. The Morgan fingerprint density at radius 1 is 1.03 bits per heavy atom. The first kappa shape index (κ1) is 23.7. The predicted molar refractivity (Wildman–Crippen MR) is 131 cm³/mol. The van der Waals surface area contributed by atoms with Crippen molar-refractivity contribution in [3.05, 3.63) is 87.4 Å². The predicted octanol–water partition coefficient (Wildman–Crippen LogP) is 6.55. The van der Waals surface area contributed by atoms with Crippen LogP contribution in [0.2, 0.25) is 0 Å². The third-order valence-corrected chi connectivity index (χ3v) is 5.53. The van der Waals surface area contributed by atoms with Crippen LogP contribution in [0.15, 0.2) is 65.1 Å². The van der Waals surface area contributed by atoms with Crippen molar-refractivity contribution in [2.45, 2.75) is 33.4 Å². The minimum Gasteiger partial charge on any atom is -0.493 e. The highest BCUT2D eigenvalue weighted by Gasteiger charge is 2.13. The van der Waals surface area contributed by atoms with Gasteiger partial charge in [0.1, 0.15) is 6.61 Å². The summed E-state index contributed by atoms with van der Waals surface area (Å²) in [6.07, 6.45) is 1.07. The first-order chi connectivity index (χ1) is 15.4. The SMILES string of the molecule is COc1cc(CNc2cccc(C(=O)O)c2)cc(Br)c1OCc1ccc(CC(C)C)cc1. The van der Waals surface area contributed by atoms with Gasteiger partial charge in [0, 0.05) is 12.2 Å². The fourth-order valence-corrected chi connectivity index (χ4v) is 3.98. The summed E-state index contributed by atoms with van der Waals surface area (Å²) in [5.74, 6) is 0.961. The van der Waals surface area contributed by atoms with Crippen molar-refractivity contribution in [3.8, 4) is 11.5 Å². The molecule has 0 atom stereocenters. The molecule has 0 amide bonds. The highest BCUT2D eigenvalue weighted by Crippen LogP contribution is 2.37. The lowest BCUT2D eigenvalue weighted by Crippen LogP contribution is -2.04. The number of rotatable bonds is 10. The van der Waals surface area contributed by atoms with Gasteiger partial charge in [-0.3, -0.25) is 0 Å². The topological polar surface area (TPSA) is 67.8 Å². The average Bonchev–Trinajstić information content (AvgIpc) is 2.77. The molecule has 0 aliphatic heterocycles. The number of hydrogen-bond donors (Lipinski definition) is 2. The van der Waals surface area contributed by atoms with E-state index in [1.165, 1.54) is 5.56 Å². The Balaban J connectivity index is 1.67. The summed E-state index contributed by atoms with van der Waals surface area (Å²) in [7, 11) is 1.61. The minimum absolute atomic E-state index is 0.245. The number of anilines is 1. The quantitative estimate of drug-likeness (QED) is 0.332. The van der Waals surface area contributed by atoms with Gasteiger partial charge in [-0.1, -0.05) is 44.2 Å². The Labute approximate surface area is 197 Å². The van der Waals surface area contributed by atoms with Crippen LogP contribution in [0.1, 0.15) is 40.9 Å². The Hall–Kier alpha value is -2.99. The molecule has 0 spiro atoms. The molecule has 0 saturated heterocycles. The van der Waals surface area contributed by atoms with Gasteiger partial charge in [-0.25, -0.2) is 4.79 Å². The molecule has 0 aromatic heterocycles. The maximum atomic E-state index is 11.2. The highest BCUT2D eigenvalue weighted by molar-refractivity contribution is 9.10. The van der Waals surface area contributed by atoms with Crippen LogP contribution in [-0.2, 0) is 19.6 Å². The van der Waals surface area contributed by atoms with Crippen molar-refractivity contribution >= 4 is 27.6 Å². The fraction of sp³-hybridized carbons (Fsp3) is 0.269. The maximum absolute atomic E-state index is 11.2. The average molecular weight is 498 g/mol. The summed E-state index contributed by atoms with van der Waals surface area (Å²) >= 11 is 3.60. The van der Waals surface area contributed by atoms with Gasteiger partial charge in [0.15, 0.2) is 11.5 Å². The molecule has 6 heteroatoms. The third-order valence-electron chi connectivity index (χ3n) is 4.95. The lowest BCUT2D eigenvalue weighted by molar-refractivity contribution is 0.0697. The van der Waals surface area contributed by atoms with Crippen molar-refractivity contribution in [1.82, 2.24) is 0 Å². The molecule has 168 valence electrons. The molecule has 0 saturated carbocycles. The van der Waals surface area contributed by atoms with Crippen molar-refractivity contribution in [2.75, 3.05) is 12.4 Å². The summed E-state index contributed by atoms with van der Waals surface area (Å²) in [5.41, 5.74) is 4.37. The zero-order valence-electron chi connectivity index (χ0n) is 18.5. The van der Waals surface area contributed by atoms with Gasteiger partial charge < -0.3 is 19.9 Å². The number of halogens is 1. The van der Waals surface area contributed by atoms with E-state index in [2.05, 4.69) is 59.4 Å². The standard InChI is InChI=1S/C26H28BrNO4/c1-17(2)11-18-7-9-19(10-8-18)16-32-25-23(27)12-20(13-24(25)31-3)15-28-22-6-4-5-21(14-22)26(29)30/h4-10,12-14,17,28H,11,15-16H2,1-3H3,(H,29,30). The van der Waals surface area contributed by atoms with Gasteiger partial charge in [0.05, 0.1) is 17.1 Å². The molecule has 0 unspecified atom stereocenters. The molecule has 0 radical (unpaired) electrons. The molecule has 0 heterocycles. The van der Waals surface area contributed by atoms with Crippen LogP contribution in [0.4, 0.5) is 5.69 Å². The molecule has 5 nitrogen and oxygen atoms in total. The number of nitrogens with one attached hydrogen (secondary N) is 1. The zero-order valence-corrected chi connectivity index (χ0v) is 20.1. The lowest BCUT2D eigenvalue weighted by Gasteiger charge is -2.15. The number of benzene rings is 3. The number of aromatic carboxylic acids is 1. The smallest absolute Gasteiger partial charge is 0.335 e. The monoisotopic (exact) mass is 497 g/mol. The molecule has 3 rings (SSSR count). The number of methoxy groups -OCH3 is 1. The molecule has 3 aromatic carbocycles. The molecular formula is C26H28BrNO4. The van der Waals surface area contributed by atoms with E-state index >= 15 is 0 Å². The van der Waals surface area contributed by atoms with Crippen LogP contribution in [0, 0.1) is 5.92 Å². The lowest BCUT2D eigenvalue weighted by atomic mass is 10.0. The van der Waals surface area contributed by atoms with Crippen LogP contribution in [0.3, 0.4) is 0 Å². The first-order valence-electron chi connectivity index (χ1n) is 10.5. The van der Waals surface area contributed by atoms with Crippen LogP contribution in [-0.4, -0.2) is 18.2 Å². The number of ether oxygens (including phenoxy) is 2. The van der Waals surface area contributed by atoms with E-state index in [1.807, 2.05) is 18.2 Å². The van der Waals surface area contributed by atoms with Gasteiger partial charge in [-0.2, -0.15) is 0 Å². The van der Waals surface area contributed by atoms with E-state index in [4.69, 9.17) is 14.6 Å². The number of carbonyl (C=O) groups is 1. The Morgan fingerprint density at radius 2 is 1.75 bits per heavy atom. The summed E-state index contributed by atoms with van der Waals surface area (Å²) in [4.78, 5) is 11.2. The Morgan fingerprint density at radius 3 is 2.41 bits per heavy atom. The van der Waals surface area contributed by atoms with Gasteiger partial charge >= 0.3 is 5.97 Å². The largest absolute Gasteiger partial charge is 0.493 e. The number of hydrogen-bond acceptors (Lipinski definition) is 4. The van der Waals surface area contributed by atoms with E-state index in [0.29, 0.717) is 30.6 Å². The van der Waals surface area contributed by atoms with Crippen LogP contribution in [0.5, 0.6) is 11.5 Å². The fourth-order valence-electron chi connectivity index (χ4n) is 3.38.